The van der Waals surface area contributed by atoms with E-state index >= 15 is 0 Å². The van der Waals surface area contributed by atoms with Crippen LogP contribution in [0, 0.1) is 5.82 Å². The largest absolute Gasteiger partial charge is 0.369 e. The van der Waals surface area contributed by atoms with Crippen LogP contribution in [0.3, 0.4) is 0 Å². The Balaban J connectivity index is 2.72. The zero-order chi connectivity index (χ0) is 12.1. The second-order valence-corrected chi connectivity index (χ2v) is 3.81. The summed E-state index contributed by atoms with van der Waals surface area (Å²) in [6.07, 6.45) is 0. The molecular formula is C11H16FN3O. The molecule has 88 valence electrons. The number of benzene rings is 1. The lowest BCUT2D eigenvalue weighted by Crippen LogP contribution is -2.30. The van der Waals surface area contributed by atoms with Crippen molar-refractivity contribution in [3.63, 3.8) is 0 Å². The summed E-state index contributed by atoms with van der Waals surface area (Å²) in [6.45, 7) is 0.909. The number of halogens is 1. The number of amides is 1. The first-order valence-corrected chi connectivity index (χ1v) is 4.96. The third kappa shape index (κ3) is 3.96. The van der Waals surface area contributed by atoms with Gasteiger partial charge in [0, 0.05) is 13.1 Å². The van der Waals surface area contributed by atoms with Gasteiger partial charge in [0.05, 0.1) is 6.54 Å². The minimum absolute atomic E-state index is 0.147. The van der Waals surface area contributed by atoms with Gasteiger partial charge in [-0.2, -0.15) is 0 Å². The van der Waals surface area contributed by atoms with Crippen LogP contribution >= 0.6 is 0 Å². The van der Waals surface area contributed by atoms with Gasteiger partial charge in [0.2, 0.25) is 5.91 Å². The summed E-state index contributed by atoms with van der Waals surface area (Å²) in [4.78, 5) is 12.4. The van der Waals surface area contributed by atoms with E-state index in [-0.39, 0.29) is 12.4 Å². The van der Waals surface area contributed by atoms with E-state index in [0.717, 1.165) is 11.1 Å². The Morgan fingerprint density at radius 3 is 2.56 bits per heavy atom. The van der Waals surface area contributed by atoms with E-state index in [0.29, 0.717) is 13.1 Å². The van der Waals surface area contributed by atoms with Crippen molar-refractivity contribution in [3.05, 3.63) is 35.1 Å². The predicted octanol–water partition coefficient (Wildman–Crippen LogP) is 0.202. The van der Waals surface area contributed by atoms with E-state index in [4.69, 9.17) is 11.5 Å². The monoisotopic (exact) mass is 225 g/mol. The van der Waals surface area contributed by atoms with Crippen molar-refractivity contribution < 1.29 is 9.18 Å². The summed E-state index contributed by atoms with van der Waals surface area (Å²) in [5.41, 5.74) is 12.0. The number of hydrogen-bond acceptors (Lipinski definition) is 3. The normalized spacial score (nSPS) is 10.8. The lowest BCUT2D eigenvalue weighted by atomic mass is 10.1. The molecule has 0 aromatic heterocycles. The molecule has 0 aliphatic heterocycles. The first kappa shape index (κ1) is 12.6. The van der Waals surface area contributed by atoms with Gasteiger partial charge < -0.3 is 11.5 Å². The maximum absolute atomic E-state index is 13.2. The minimum atomic E-state index is -0.405. The fourth-order valence-electron chi connectivity index (χ4n) is 1.56. The van der Waals surface area contributed by atoms with Gasteiger partial charge >= 0.3 is 0 Å². The molecule has 0 radical (unpaired) electrons. The van der Waals surface area contributed by atoms with E-state index in [9.17, 15) is 9.18 Å². The van der Waals surface area contributed by atoms with Gasteiger partial charge in [0.25, 0.3) is 0 Å². The topological polar surface area (TPSA) is 72.3 Å². The van der Waals surface area contributed by atoms with Crippen molar-refractivity contribution in [2.24, 2.45) is 11.5 Å². The van der Waals surface area contributed by atoms with Gasteiger partial charge in [0.15, 0.2) is 0 Å². The van der Waals surface area contributed by atoms with E-state index in [1.807, 2.05) is 6.07 Å². The van der Waals surface area contributed by atoms with Gasteiger partial charge in [-0.25, -0.2) is 4.39 Å². The summed E-state index contributed by atoms with van der Waals surface area (Å²) in [7, 11) is 1.75. The maximum Gasteiger partial charge on any atom is 0.231 e. The minimum Gasteiger partial charge on any atom is -0.369 e. The standard InChI is InChI=1S/C11H16FN3O/c1-15(7-11(14)16)6-9-2-8(5-13)3-10(12)4-9/h2-4H,5-7,13H2,1H3,(H2,14,16). The van der Waals surface area contributed by atoms with Gasteiger partial charge in [-0.3, -0.25) is 9.69 Å². The van der Waals surface area contributed by atoms with Gasteiger partial charge in [-0.15, -0.1) is 0 Å². The first-order valence-electron chi connectivity index (χ1n) is 4.96. The number of hydrogen-bond donors (Lipinski definition) is 2. The lowest BCUT2D eigenvalue weighted by Gasteiger charge is -2.15. The Morgan fingerprint density at radius 2 is 2.00 bits per heavy atom. The molecule has 1 amide bonds. The van der Waals surface area contributed by atoms with Crippen molar-refractivity contribution in [1.29, 1.82) is 0 Å². The van der Waals surface area contributed by atoms with E-state index in [1.54, 1.807) is 11.9 Å². The van der Waals surface area contributed by atoms with Crippen LogP contribution in [0.2, 0.25) is 0 Å². The summed E-state index contributed by atoms with van der Waals surface area (Å²) in [5.74, 6) is -0.719. The molecule has 0 saturated carbocycles. The molecule has 0 fully saturated rings. The molecule has 16 heavy (non-hydrogen) atoms. The first-order chi connectivity index (χ1) is 7.51. The van der Waals surface area contributed by atoms with Crippen LogP contribution in [0.5, 0.6) is 0 Å². The van der Waals surface area contributed by atoms with E-state index < -0.39 is 5.91 Å². The molecule has 0 atom stereocenters. The smallest absolute Gasteiger partial charge is 0.231 e. The van der Waals surface area contributed by atoms with Crippen molar-refractivity contribution in [2.45, 2.75) is 13.1 Å². The van der Waals surface area contributed by atoms with Crippen LogP contribution in [-0.4, -0.2) is 24.4 Å². The number of nitrogens with two attached hydrogens (primary N) is 2. The molecule has 0 aliphatic carbocycles. The molecule has 0 unspecified atom stereocenters. The third-order valence-electron chi connectivity index (χ3n) is 2.13. The molecule has 0 bridgehead atoms. The van der Waals surface area contributed by atoms with Gasteiger partial charge in [-0.1, -0.05) is 6.07 Å². The van der Waals surface area contributed by atoms with Crippen LogP contribution in [0.25, 0.3) is 0 Å². The van der Waals surface area contributed by atoms with Crippen LogP contribution in [0.4, 0.5) is 4.39 Å². The molecule has 0 spiro atoms. The number of rotatable bonds is 5. The van der Waals surface area contributed by atoms with Crippen molar-refractivity contribution in [1.82, 2.24) is 4.90 Å². The number of nitrogens with zero attached hydrogens (tertiary/aromatic N) is 1. The SMILES string of the molecule is CN(CC(N)=O)Cc1cc(F)cc(CN)c1. The molecule has 1 rings (SSSR count). The van der Waals surface area contributed by atoms with Crippen molar-refractivity contribution >= 4 is 5.91 Å². The Hall–Kier alpha value is -1.46. The molecule has 0 heterocycles. The Bertz CT molecular complexity index is 381. The van der Waals surface area contributed by atoms with E-state index in [1.165, 1.54) is 12.1 Å². The lowest BCUT2D eigenvalue weighted by molar-refractivity contribution is -0.118. The number of likely N-dealkylation sites (N-methyl/N-ethyl adjacent to an activating group) is 1. The Morgan fingerprint density at radius 1 is 1.38 bits per heavy atom. The van der Waals surface area contributed by atoms with Gasteiger partial charge in [-0.05, 0) is 30.3 Å². The maximum atomic E-state index is 13.2. The zero-order valence-electron chi connectivity index (χ0n) is 9.24. The fraction of sp³-hybridized carbons (Fsp3) is 0.364. The van der Waals surface area contributed by atoms with E-state index in [2.05, 4.69) is 0 Å². The van der Waals surface area contributed by atoms with Crippen LogP contribution in [0.1, 0.15) is 11.1 Å². The highest BCUT2D eigenvalue weighted by Gasteiger charge is 2.05. The Labute approximate surface area is 94.0 Å². The number of carbonyl (C=O) groups excluding carboxylic acids is 1. The summed E-state index contributed by atoms with van der Waals surface area (Å²) < 4.78 is 13.2. The summed E-state index contributed by atoms with van der Waals surface area (Å²) in [5, 5.41) is 0. The number of carbonyl (C=O) groups is 1. The highest BCUT2D eigenvalue weighted by atomic mass is 19.1. The van der Waals surface area contributed by atoms with Crippen LogP contribution in [0.15, 0.2) is 18.2 Å². The zero-order valence-corrected chi connectivity index (χ0v) is 9.24. The molecule has 5 heteroatoms. The highest BCUT2D eigenvalue weighted by molar-refractivity contribution is 5.75. The fourth-order valence-corrected chi connectivity index (χ4v) is 1.56. The molecule has 1 aromatic carbocycles. The third-order valence-corrected chi connectivity index (χ3v) is 2.13. The average molecular weight is 225 g/mol. The molecule has 0 saturated heterocycles. The number of primary amides is 1. The van der Waals surface area contributed by atoms with Crippen molar-refractivity contribution in [2.75, 3.05) is 13.6 Å². The second-order valence-electron chi connectivity index (χ2n) is 3.81. The molecule has 4 nitrogen and oxygen atoms in total. The molecular weight excluding hydrogens is 209 g/mol. The summed E-state index contributed by atoms with van der Waals surface area (Å²) in [6, 6.07) is 4.65. The predicted molar refractivity (Wildman–Crippen MR) is 59.8 cm³/mol. The molecule has 1 aromatic rings. The van der Waals surface area contributed by atoms with Crippen molar-refractivity contribution in [3.8, 4) is 0 Å². The molecule has 4 N–H and O–H groups in total. The van der Waals surface area contributed by atoms with Crippen LogP contribution in [-0.2, 0) is 17.9 Å². The Kier molecular flexibility index (Phi) is 4.39. The second kappa shape index (κ2) is 5.58. The highest BCUT2D eigenvalue weighted by Crippen LogP contribution is 2.10. The van der Waals surface area contributed by atoms with Gasteiger partial charge in [0.1, 0.15) is 5.82 Å². The summed E-state index contributed by atoms with van der Waals surface area (Å²) >= 11 is 0. The molecule has 0 aliphatic rings. The quantitative estimate of drug-likeness (QED) is 0.752. The van der Waals surface area contributed by atoms with Crippen LogP contribution < -0.4 is 11.5 Å². The average Bonchev–Trinajstić information content (AvgIpc) is 2.14.